The van der Waals surface area contributed by atoms with Crippen LogP contribution in [0.15, 0.2) is 42.5 Å². The average Bonchev–Trinajstić information content (AvgIpc) is 2.45. The summed E-state index contributed by atoms with van der Waals surface area (Å²) in [4.78, 5) is 14.3. The highest BCUT2D eigenvalue weighted by molar-refractivity contribution is 6.09. The molecule has 2 aromatic rings. The van der Waals surface area contributed by atoms with Crippen molar-refractivity contribution in [3.8, 4) is 5.75 Å². The molecule has 4 nitrogen and oxygen atoms in total. The average molecular weight is 284 g/mol. The van der Waals surface area contributed by atoms with E-state index in [1.165, 1.54) is 0 Å². The van der Waals surface area contributed by atoms with Crippen LogP contribution >= 0.6 is 0 Å². The van der Waals surface area contributed by atoms with E-state index >= 15 is 0 Å². The Morgan fingerprint density at radius 1 is 1.24 bits per heavy atom. The van der Waals surface area contributed by atoms with E-state index in [0.717, 1.165) is 12.0 Å². The number of phenols is 1. The van der Waals surface area contributed by atoms with E-state index < -0.39 is 0 Å². The summed E-state index contributed by atoms with van der Waals surface area (Å²) in [6.45, 7) is 4.40. The largest absolute Gasteiger partial charge is 0.507 e. The Labute approximate surface area is 124 Å². The van der Waals surface area contributed by atoms with Gasteiger partial charge in [0.15, 0.2) is 0 Å². The minimum absolute atomic E-state index is 0.00407. The number of aromatic hydroxyl groups is 1. The molecule has 2 rings (SSSR count). The maximum atomic E-state index is 12.7. The molecule has 0 aliphatic rings. The first kappa shape index (κ1) is 14.9. The van der Waals surface area contributed by atoms with Gasteiger partial charge in [0.2, 0.25) is 0 Å². The normalized spacial score (nSPS) is 10.4. The van der Waals surface area contributed by atoms with Crippen LogP contribution in [-0.2, 0) is 0 Å². The van der Waals surface area contributed by atoms with Gasteiger partial charge in [0, 0.05) is 6.54 Å². The quantitative estimate of drug-likeness (QED) is 0.846. The Hall–Kier alpha value is -2.49. The molecule has 0 radical (unpaired) electrons. The Bertz CT molecular complexity index is 653. The Balaban J connectivity index is 2.43. The second-order valence-electron chi connectivity index (χ2n) is 5.04. The number of hydrogen-bond donors (Lipinski definition) is 2. The number of amides is 1. The first-order chi connectivity index (χ1) is 10.0. The molecule has 0 unspecified atom stereocenters. The number of nitrogens with zero attached hydrogens (tertiary/aromatic N) is 1. The van der Waals surface area contributed by atoms with Gasteiger partial charge in [-0.1, -0.05) is 25.1 Å². The highest BCUT2D eigenvalue weighted by atomic mass is 16.3. The number of phenolic OH excluding ortho intramolecular Hbond substituents is 1. The maximum absolute atomic E-state index is 12.7. The lowest BCUT2D eigenvalue weighted by Crippen LogP contribution is -2.32. The van der Waals surface area contributed by atoms with Gasteiger partial charge in [-0.05, 0) is 43.2 Å². The summed E-state index contributed by atoms with van der Waals surface area (Å²) in [5.41, 5.74) is 8.39. The molecule has 3 N–H and O–H groups in total. The number of benzene rings is 2. The molecule has 1 amide bonds. The van der Waals surface area contributed by atoms with Crippen LogP contribution in [0.1, 0.15) is 29.3 Å². The van der Waals surface area contributed by atoms with E-state index in [0.29, 0.717) is 17.9 Å². The molecule has 21 heavy (non-hydrogen) atoms. The van der Waals surface area contributed by atoms with Crippen LogP contribution in [0.3, 0.4) is 0 Å². The molecule has 0 heterocycles. The fraction of sp³-hybridized carbons (Fsp3) is 0.235. The molecule has 2 aromatic carbocycles. The number of anilines is 2. The van der Waals surface area contributed by atoms with Crippen LogP contribution < -0.4 is 10.6 Å². The molecular formula is C17H20N2O2. The van der Waals surface area contributed by atoms with Crippen LogP contribution in [0.25, 0.3) is 0 Å². The summed E-state index contributed by atoms with van der Waals surface area (Å²) in [6, 6.07) is 12.3. The minimum atomic E-state index is -0.243. The third-order valence-electron chi connectivity index (χ3n) is 3.30. The van der Waals surface area contributed by atoms with Crippen molar-refractivity contribution in [2.75, 3.05) is 17.2 Å². The zero-order valence-corrected chi connectivity index (χ0v) is 12.3. The van der Waals surface area contributed by atoms with Crippen molar-refractivity contribution in [2.45, 2.75) is 20.3 Å². The third-order valence-corrected chi connectivity index (χ3v) is 3.30. The summed E-state index contributed by atoms with van der Waals surface area (Å²) in [7, 11) is 0. The van der Waals surface area contributed by atoms with Gasteiger partial charge in [0.05, 0.1) is 16.9 Å². The van der Waals surface area contributed by atoms with E-state index in [9.17, 15) is 9.90 Å². The second-order valence-corrected chi connectivity index (χ2v) is 5.04. The second kappa shape index (κ2) is 6.31. The number of carbonyl (C=O) groups excluding carboxylic acids is 1. The number of rotatable bonds is 4. The first-order valence-corrected chi connectivity index (χ1v) is 7.00. The molecule has 0 bridgehead atoms. The van der Waals surface area contributed by atoms with E-state index in [1.54, 1.807) is 23.1 Å². The van der Waals surface area contributed by atoms with Gasteiger partial charge >= 0.3 is 0 Å². The minimum Gasteiger partial charge on any atom is -0.507 e. The van der Waals surface area contributed by atoms with E-state index in [2.05, 4.69) is 0 Å². The van der Waals surface area contributed by atoms with Crippen LogP contribution in [0.2, 0.25) is 0 Å². The van der Waals surface area contributed by atoms with Crippen molar-refractivity contribution in [3.63, 3.8) is 0 Å². The van der Waals surface area contributed by atoms with Gasteiger partial charge in [-0.3, -0.25) is 4.79 Å². The van der Waals surface area contributed by atoms with Crippen molar-refractivity contribution in [3.05, 3.63) is 53.6 Å². The van der Waals surface area contributed by atoms with Crippen molar-refractivity contribution in [1.29, 1.82) is 0 Å². The molecular weight excluding hydrogens is 264 g/mol. The number of para-hydroxylation sites is 2. The summed E-state index contributed by atoms with van der Waals surface area (Å²) in [5.74, 6) is -0.247. The lowest BCUT2D eigenvalue weighted by molar-refractivity contribution is 0.0984. The fourth-order valence-electron chi connectivity index (χ4n) is 2.26. The van der Waals surface area contributed by atoms with Crippen LogP contribution in [0.5, 0.6) is 5.75 Å². The number of nitrogens with two attached hydrogens (primary N) is 1. The molecule has 0 spiro atoms. The van der Waals surface area contributed by atoms with Gasteiger partial charge in [-0.2, -0.15) is 0 Å². The van der Waals surface area contributed by atoms with Gasteiger partial charge in [0.25, 0.3) is 5.91 Å². The number of hydrogen-bond acceptors (Lipinski definition) is 3. The lowest BCUT2D eigenvalue weighted by Gasteiger charge is -2.24. The molecule has 110 valence electrons. The topological polar surface area (TPSA) is 66.6 Å². The summed E-state index contributed by atoms with van der Waals surface area (Å²) in [6.07, 6.45) is 0.798. The van der Waals surface area contributed by atoms with Crippen molar-refractivity contribution >= 4 is 17.3 Å². The zero-order valence-electron chi connectivity index (χ0n) is 12.3. The molecule has 0 aliphatic heterocycles. The maximum Gasteiger partial charge on any atom is 0.262 e. The monoisotopic (exact) mass is 284 g/mol. The standard InChI is InChI=1S/C17H20N2O2/c1-3-10-19(15-7-5-4-6-14(15)18)17(21)13-9-8-12(2)11-16(13)20/h4-9,11,20H,3,10,18H2,1-2H3. The molecule has 0 fully saturated rings. The first-order valence-electron chi connectivity index (χ1n) is 7.00. The molecule has 0 saturated heterocycles. The predicted octanol–water partition coefficient (Wildman–Crippen LogP) is 3.34. The summed E-state index contributed by atoms with van der Waals surface area (Å²) < 4.78 is 0. The Kier molecular flexibility index (Phi) is 4.48. The molecule has 0 atom stereocenters. The number of carbonyl (C=O) groups is 1. The van der Waals surface area contributed by atoms with E-state index in [-0.39, 0.29) is 17.2 Å². The summed E-state index contributed by atoms with van der Waals surface area (Å²) >= 11 is 0. The van der Waals surface area contributed by atoms with Crippen molar-refractivity contribution in [1.82, 2.24) is 0 Å². The van der Waals surface area contributed by atoms with Crippen LogP contribution in [0.4, 0.5) is 11.4 Å². The van der Waals surface area contributed by atoms with Gasteiger partial charge in [-0.25, -0.2) is 0 Å². The van der Waals surface area contributed by atoms with Gasteiger partial charge < -0.3 is 15.7 Å². The molecule has 0 saturated carbocycles. The van der Waals surface area contributed by atoms with Crippen LogP contribution in [-0.4, -0.2) is 17.6 Å². The summed E-state index contributed by atoms with van der Waals surface area (Å²) in [5, 5.41) is 10.0. The smallest absolute Gasteiger partial charge is 0.262 e. The lowest BCUT2D eigenvalue weighted by atomic mass is 10.1. The third kappa shape index (κ3) is 3.16. The predicted molar refractivity (Wildman–Crippen MR) is 85.7 cm³/mol. The highest BCUT2D eigenvalue weighted by Gasteiger charge is 2.21. The van der Waals surface area contributed by atoms with Gasteiger partial charge in [0.1, 0.15) is 5.75 Å². The van der Waals surface area contributed by atoms with Crippen LogP contribution in [0, 0.1) is 6.92 Å². The van der Waals surface area contributed by atoms with Crippen molar-refractivity contribution in [2.24, 2.45) is 0 Å². The highest BCUT2D eigenvalue weighted by Crippen LogP contribution is 2.27. The van der Waals surface area contributed by atoms with E-state index in [4.69, 9.17) is 5.73 Å². The zero-order chi connectivity index (χ0) is 15.4. The van der Waals surface area contributed by atoms with Gasteiger partial charge in [-0.15, -0.1) is 0 Å². The Morgan fingerprint density at radius 2 is 1.95 bits per heavy atom. The molecule has 4 heteroatoms. The van der Waals surface area contributed by atoms with E-state index in [1.807, 2.05) is 38.1 Å². The molecule has 0 aromatic heterocycles. The fourth-order valence-corrected chi connectivity index (χ4v) is 2.26. The molecule has 0 aliphatic carbocycles. The number of nitrogen functional groups attached to an aromatic ring is 1. The SMILES string of the molecule is CCCN(C(=O)c1ccc(C)cc1O)c1ccccc1N. The Morgan fingerprint density at radius 3 is 2.57 bits per heavy atom. The van der Waals surface area contributed by atoms with Crippen molar-refractivity contribution < 1.29 is 9.90 Å². The number of aryl methyl sites for hydroxylation is 1.